The number of fused-ring (bicyclic) bond motifs is 16. The summed E-state index contributed by atoms with van der Waals surface area (Å²) in [5, 5.41) is 16.3. The van der Waals surface area contributed by atoms with E-state index >= 15 is 0 Å². The summed E-state index contributed by atoms with van der Waals surface area (Å²) in [7, 11) is 0. The maximum Gasteiger partial charge on any atom is 0.220 e. The molecule has 0 spiro atoms. The SMILES string of the molecule is N#Cc1c(-n2c3ccc(-n4c5ccccc5c5ccccc54)cc3n3c4ccccc4nc23)cccc1-n1c2ccc(-n3c4ccccc4c4ccccc43)cc2n2c3ccccc3nc12. The summed E-state index contributed by atoms with van der Waals surface area (Å²) in [5.41, 5.74) is 16.2. The van der Waals surface area contributed by atoms with Crippen molar-refractivity contribution in [3.05, 3.63) is 206 Å². The lowest BCUT2D eigenvalue weighted by Gasteiger charge is -2.14. The first-order chi connectivity index (χ1) is 32.7. The van der Waals surface area contributed by atoms with Crippen LogP contribution >= 0.6 is 0 Å². The molecular weight excluding hydrogens is 811 g/mol. The molecule has 15 aromatic rings. The average Bonchev–Trinajstić information content (AvgIpc) is 4.21. The van der Waals surface area contributed by atoms with Gasteiger partial charge in [0, 0.05) is 32.9 Å². The molecule has 9 nitrogen and oxygen atoms in total. The van der Waals surface area contributed by atoms with E-state index in [1.807, 2.05) is 30.3 Å². The second-order valence-corrected chi connectivity index (χ2v) is 17.0. The van der Waals surface area contributed by atoms with Crippen molar-refractivity contribution in [2.75, 3.05) is 0 Å². The molecule has 9 heteroatoms. The van der Waals surface area contributed by atoms with Gasteiger partial charge in [-0.15, -0.1) is 0 Å². The minimum atomic E-state index is 0.508. The Morgan fingerprint density at radius 1 is 0.318 bits per heavy atom. The molecule has 66 heavy (non-hydrogen) atoms. The molecular formula is C57H33N9. The van der Waals surface area contributed by atoms with Gasteiger partial charge in [0.05, 0.1) is 77.6 Å². The normalized spacial score (nSPS) is 12.2. The number of para-hydroxylation sites is 8. The van der Waals surface area contributed by atoms with Crippen molar-refractivity contribution in [2.45, 2.75) is 0 Å². The van der Waals surface area contributed by atoms with E-state index in [9.17, 15) is 5.26 Å². The van der Waals surface area contributed by atoms with E-state index in [2.05, 4.69) is 203 Å². The lowest BCUT2D eigenvalue weighted by Crippen LogP contribution is -2.05. The number of aromatic nitrogens is 8. The molecule has 0 aliphatic rings. The molecule has 0 bridgehead atoms. The molecule has 0 fully saturated rings. The van der Waals surface area contributed by atoms with Gasteiger partial charge in [0.1, 0.15) is 11.6 Å². The number of hydrogen-bond donors (Lipinski definition) is 0. The van der Waals surface area contributed by atoms with E-state index in [1.54, 1.807) is 0 Å². The van der Waals surface area contributed by atoms with Crippen molar-refractivity contribution >= 4 is 99.3 Å². The fraction of sp³-hybridized carbons (Fsp3) is 0. The zero-order chi connectivity index (χ0) is 43.2. The monoisotopic (exact) mass is 843 g/mol. The van der Waals surface area contributed by atoms with Gasteiger partial charge >= 0.3 is 0 Å². The average molecular weight is 844 g/mol. The van der Waals surface area contributed by atoms with Crippen LogP contribution in [0.5, 0.6) is 0 Å². The van der Waals surface area contributed by atoms with Crippen molar-refractivity contribution in [2.24, 2.45) is 0 Å². The zero-order valence-electron chi connectivity index (χ0n) is 35.1. The van der Waals surface area contributed by atoms with Crippen molar-refractivity contribution in [1.82, 2.24) is 37.0 Å². The van der Waals surface area contributed by atoms with Crippen molar-refractivity contribution in [1.29, 1.82) is 5.26 Å². The van der Waals surface area contributed by atoms with Gasteiger partial charge in [0.2, 0.25) is 11.6 Å². The Kier molecular flexibility index (Phi) is 6.84. The minimum absolute atomic E-state index is 0.508. The van der Waals surface area contributed by atoms with Gasteiger partial charge in [0.25, 0.3) is 0 Å². The first kappa shape index (κ1) is 35.1. The Morgan fingerprint density at radius 3 is 1.08 bits per heavy atom. The van der Waals surface area contributed by atoms with E-state index in [4.69, 9.17) is 9.97 Å². The van der Waals surface area contributed by atoms with Crippen LogP contribution in [0.1, 0.15) is 5.56 Å². The van der Waals surface area contributed by atoms with E-state index < -0.39 is 0 Å². The third-order valence-corrected chi connectivity index (χ3v) is 13.7. The number of benzene rings is 9. The van der Waals surface area contributed by atoms with Crippen LogP contribution in [-0.2, 0) is 0 Å². The van der Waals surface area contributed by atoms with Crippen LogP contribution in [0.3, 0.4) is 0 Å². The third kappa shape index (κ3) is 4.51. The lowest BCUT2D eigenvalue weighted by atomic mass is 10.1. The van der Waals surface area contributed by atoms with Crippen molar-refractivity contribution < 1.29 is 0 Å². The highest BCUT2D eigenvalue weighted by atomic mass is 15.2. The fourth-order valence-corrected chi connectivity index (χ4v) is 10.9. The molecule has 9 aromatic carbocycles. The topological polar surface area (TPSA) is 78.1 Å². The zero-order valence-corrected chi connectivity index (χ0v) is 35.1. The fourth-order valence-electron chi connectivity index (χ4n) is 10.9. The van der Waals surface area contributed by atoms with E-state index in [0.29, 0.717) is 5.56 Å². The first-order valence-electron chi connectivity index (χ1n) is 22.1. The third-order valence-electron chi connectivity index (χ3n) is 13.7. The molecule has 0 radical (unpaired) electrons. The number of nitriles is 1. The number of rotatable bonds is 4. The van der Waals surface area contributed by atoms with E-state index in [1.165, 1.54) is 21.5 Å². The van der Waals surface area contributed by atoms with Gasteiger partial charge < -0.3 is 9.13 Å². The highest BCUT2D eigenvalue weighted by molar-refractivity contribution is 6.11. The number of imidazole rings is 4. The molecule has 0 atom stereocenters. The molecule has 0 aliphatic heterocycles. The molecule has 0 saturated carbocycles. The quantitative estimate of drug-likeness (QED) is 0.177. The summed E-state index contributed by atoms with van der Waals surface area (Å²) in [6.45, 7) is 0. The molecule has 6 heterocycles. The Labute approximate surface area is 374 Å². The van der Waals surface area contributed by atoms with Gasteiger partial charge in [-0.3, -0.25) is 17.9 Å². The summed E-state index contributed by atoms with van der Waals surface area (Å²) in [6, 6.07) is 72.9. The first-order valence-corrected chi connectivity index (χ1v) is 22.1. The van der Waals surface area contributed by atoms with Gasteiger partial charge in [0.15, 0.2) is 0 Å². The highest BCUT2D eigenvalue weighted by Crippen LogP contribution is 2.39. The molecule has 0 saturated heterocycles. The summed E-state index contributed by atoms with van der Waals surface area (Å²) >= 11 is 0. The predicted octanol–water partition coefficient (Wildman–Crippen LogP) is 13.2. The Bertz CT molecular complexity index is 4220. The largest absolute Gasteiger partial charge is 0.309 e. The lowest BCUT2D eigenvalue weighted by molar-refractivity contribution is 1.06. The minimum Gasteiger partial charge on any atom is -0.309 e. The molecule has 0 amide bonds. The Hall–Kier alpha value is -9.39. The van der Waals surface area contributed by atoms with E-state index in [0.717, 1.165) is 101 Å². The van der Waals surface area contributed by atoms with Crippen LogP contribution in [0.15, 0.2) is 200 Å². The second-order valence-electron chi connectivity index (χ2n) is 17.0. The maximum atomic E-state index is 11.5. The molecule has 6 aromatic heterocycles. The summed E-state index contributed by atoms with van der Waals surface area (Å²) in [4.78, 5) is 10.6. The van der Waals surface area contributed by atoms with Gasteiger partial charge in [-0.05, 0) is 97.1 Å². The van der Waals surface area contributed by atoms with Crippen LogP contribution < -0.4 is 0 Å². The molecule has 0 aliphatic carbocycles. The van der Waals surface area contributed by atoms with Crippen molar-refractivity contribution in [3.63, 3.8) is 0 Å². The van der Waals surface area contributed by atoms with Crippen LogP contribution in [0.25, 0.3) is 122 Å². The van der Waals surface area contributed by atoms with Gasteiger partial charge in [-0.2, -0.15) is 5.26 Å². The van der Waals surface area contributed by atoms with Gasteiger partial charge in [-0.25, -0.2) is 9.97 Å². The van der Waals surface area contributed by atoms with Gasteiger partial charge in [-0.1, -0.05) is 103 Å². The smallest absolute Gasteiger partial charge is 0.220 e. The van der Waals surface area contributed by atoms with Crippen LogP contribution in [-0.4, -0.2) is 37.0 Å². The van der Waals surface area contributed by atoms with Crippen LogP contribution in [0.4, 0.5) is 0 Å². The number of hydrogen-bond acceptors (Lipinski definition) is 3. The highest BCUT2D eigenvalue weighted by Gasteiger charge is 2.25. The molecule has 0 N–H and O–H groups in total. The standard InChI is InChI=1S/C57H33N9/c58-34-41-48(63-52-30-28-35(32-54(52)65-50-24-11-5-18-42(50)59-56(63)65)61-44-20-7-1-14-37(44)38-15-2-8-21-45(38)61)26-13-27-49(41)64-53-31-29-36(33-55(53)66-51-25-12-6-19-43(51)60-57(64)66)62-46-22-9-3-16-39(46)40-17-4-10-23-47(40)62/h1-33H. The Morgan fingerprint density at radius 2 is 0.682 bits per heavy atom. The summed E-state index contributed by atoms with van der Waals surface area (Å²) in [6.07, 6.45) is 0. The van der Waals surface area contributed by atoms with Crippen LogP contribution in [0, 0.1) is 11.3 Å². The predicted molar refractivity (Wildman–Crippen MR) is 266 cm³/mol. The molecule has 15 rings (SSSR count). The maximum absolute atomic E-state index is 11.5. The van der Waals surface area contributed by atoms with Crippen molar-refractivity contribution in [3.8, 4) is 28.8 Å². The number of nitrogens with zero attached hydrogens (tertiary/aromatic N) is 9. The molecule has 0 unspecified atom stereocenters. The van der Waals surface area contributed by atoms with Crippen LogP contribution in [0.2, 0.25) is 0 Å². The summed E-state index contributed by atoms with van der Waals surface area (Å²) in [5.74, 6) is 1.45. The Balaban J connectivity index is 0.999. The second kappa shape index (κ2) is 12.8. The molecule has 306 valence electrons. The summed E-state index contributed by atoms with van der Waals surface area (Å²) < 4.78 is 13.5. The van der Waals surface area contributed by atoms with E-state index in [-0.39, 0.29) is 0 Å².